The van der Waals surface area contributed by atoms with Crippen LogP contribution in [0.25, 0.3) is 16.1 Å². The van der Waals surface area contributed by atoms with Gasteiger partial charge in [0.1, 0.15) is 27.6 Å². The molecule has 34 heavy (non-hydrogen) atoms. The van der Waals surface area contributed by atoms with Crippen LogP contribution in [0.5, 0.6) is 11.5 Å². The van der Waals surface area contributed by atoms with E-state index in [1.54, 1.807) is 26.2 Å². The van der Waals surface area contributed by atoms with Crippen molar-refractivity contribution in [3.63, 3.8) is 0 Å². The van der Waals surface area contributed by atoms with Gasteiger partial charge in [0.25, 0.3) is 0 Å². The summed E-state index contributed by atoms with van der Waals surface area (Å²) in [6.07, 6.45) is 1.91. The Bertz CT molecular complexity index is 1160. The SMILES string of the molecule is COCc1cc(OC)c(-c2csc3c(N(CC4CC4)C(=O)OC(C)(C)C)c(C)nn23)c(OC)c1. The fraction of sp³-hybridized carbons (Fsp3) is 0.520. The molecule has 8 nitrogen and oxygen atoms in total. The molecule has 0 bridgehead atoms. The Morgan fingerprint density at radius 1 is 1.18 bits per heavy atom. The molecule has 0 saturated heterocycles. The fourth-order valence-corrected chi connectivity index (χ4v) is 5.05. The lowest BCUT2D eigenvalue weighted by Gasteiger charge is -2.27. The van der Waals surface area contributed by atoms with Gasteiger partial charge in [-0.3, -0.25) is 4.90 Å². The van der Waals surface area contributed by atoms with Crippen LogP contribution in [0.3, 0.4) is 0 Å². The first-order chi connectivity index (χ1) is 16.2. The third-order valence-electron chi connectivity index (χ3n) is 5.65. The number of rotatable bonds is 8. The van der Waals surface area contributed by atoms with Crippen molar-refractivity contribution < 1.29 is 23.7 Å². The number of hydrogen-bond donors (Lipinski definition) is 0. The average Bonchev–Trinajstić information content (AvgIpc) is 3.42. The van der Waals surface area contributed by atoms with E-state index in [0.29, 0.717) is 30.6 Å². The molecule has 1 saturated carbocycles. The normalized spacial score (nSPS) is 13.9. The van der Waals surface area contributed by atoms with Crippen molar-refractivity contribution in [2.24, 2.45) is 5.92 Å². The molecule has 1 fully saturated rings. The van der Waals surface area contributed by atoms with Crippen LogP contribution in [0.2, 0.25) is 0 Å². The van der Waals surface area contributed by atoms with Crippen LogP contribution in [0.1, 0.15) is 44.9 Å². The van der Waals surface area contributed by atoms with Gasteiger partial charge in [0.15, 0.2) is 0 Å². The Morgan fingerprint density at radius 3 is 2.35 bits per heavy atom. The van der Waals surface area contributed by atoms with Crippen LogP contribution < -0.4 is 14.4 Å². The molecule has 3 aromatic rings. The lowest BCUT2D eigenvalue weighted by Crippen LogP contribution is -2.38. The molecule has 1 aromatic carbocycles. The number of carbonyl (C=O) groups excluding carboxylic acids is 1. The number of anilines is 1. The zero-order chi connectivity index (χ0) is 24.6. The first-order valence-electron chi connectivity index (χ1n) is 11.4. The molecule has 2 aromatic heterocycles. The number of benzene rings is 1. The zero-order valence-electron chi connectivity index (χ0n) is 20.9. The van der Waals surface area contributed by atoms with Crippen LogP contribution in [-0.2, 0) is 16.1 Å². The summed E-state index contributed by atoms with van der Waals surface area (Å²) in [5, 5.41) is 6.85. The van der Waals surface area contributed by atoms with Gasteiger partial charge < -0.3 is 18.9 Å². The quantitative estimate of drug-likeness (QED) is 0.407. The van der Waals surface area contributed by atoms with Crippen molar-refractivity contribution in [2.45, 2.75) is 52.7 Å². The summed E-state index contributed by atoms with van der Waals surface area (Å²) >= 11 is 1.54. The zero-order valence-corrected chi connectivity index (χ0v) is 21.7. The molecule has 9 heteroatoms. The Labute approximate surface area is 204 Å². The van der Waals surface area contributed by atoms with Gasteiger partial charge in [-0.15, -0.1) is 11.3 Å². The fourth-order valence-electron chi connectivity index (χ4n) is 4.01. The van der Waals surface area contributed by atoms with Gasteiger partial charge in [-0.25, -0.2) is 9.31 Å². The molecule has 0 unspecified atom stereocenters. The Hall–Kier alpha value is -2.78. The number of carbonyl (C=O) groups is 1. The number of nitrogens with zero attached hydrogens (tertiary/aromatic N) is 3. The van der Waals surface area contributed by atoms with Gasteiger partial charge in [0.05, 0.1) is 37.8 Å². The minimum Gasteiger partial charge on any atom is -0.496 e. The minimum atomic E-state index is -0.579. The number of aromatic nitrogens is 2. The highest BCUT2D eigenvalue weighted by Gasteiger charge is 2.34. The van der Waals surface area contributed by atoms with Crippen LogP contribution in [0.4, 0.5) is 10.5 Å². The van der Waals surface area contributed by atoms with Gasteiger partial charge in [0.2, 0.25) is 0 Å². The second kappa shape index (κ2) is 9.46. The predicted molar refractivity (Wildman–Crippen MR) is 133 cm³/mol. The molecule has 4 rings (SSSR count). The van der Waals surface area contributed by atoms with Crippen molar-refractivity contribution in [1.82, 2.24) is 9.61 Å². The summed E-state index contributed by atoms with van der Waals surface area (Å²) in [6, 6.07) is 3.89. The van der Waals surface area contributed by atoms with E-state index in [9.17, 15) is 4.79 Å². The second-order valence-corrected chi connectivity index (χ2v) is 10.5. The number of amides is 1. The highest BCUT2D eigenvalue weighted by atomic mass is 32.1. The van der Waals surface area contributed by atoms with Crippen LogP contribution in [0.15, 0.2) is 17.5 Å². The summed E-state index contributed by atoms with van der Waals surface area (Å²) < 4.78 is 24.4. The molecule has 2 heterocycles. The van der Waals surface area contributed by atoms with E-state index >= 15 is 0 Å². The standard InChI is InChI=1S/C25H33N3O5S/c1-15-22(27(12-16-8-9-16)24(29)33-25(2,3)4)23-28(26-15)18(14-34-23)21-19(31-6)10-17(13-30-5)11-20(21)32-7/h10-11,14,16H,8-9,12-13H2,1-7H3. The minimum absolute atomic E-state index is 0.341. The first kappa shape index (κ1) is 24.3. The van der Waals surface area contributed by atoms with E-state index in [-0.39, 0.29) is 6.09 Å². The van der Waals surface area contributed by atoms with Crippen LogP contribution >= 0.6 is 11.3 Å². The van der Waals surface area contributed by atoms with Gasteiger partial charge in [-0.05, 0) is 64.2 Å². The van der Waals surface area contributed by atoms with Gasteiger partial charge in [-0.2, -0.15) is 5.10 Å². The number of thiazole rings is 1. The lowest BCUT2D eigenvalue weighted by molar-refractivity contribution is 0.0578. The largest absolute Gasteiger partial charge is 0.496 e. The van der Waals surface area contributed by atoms with Gasteiger partial charge >= 0.3 is 6.09 Å². The molecule has 1 aliphatic rings. The Morgan fingerprint density at radius 2 is 1.82 bits per heavy atom. The molecular weight excluding hydrogens is 454 g/mol. The first-order valence-corrected chi connectivity index (χ1v) is 12.3. The molecule has 0 spiro atoms. The summed E-state index contributed by atoms with van der Waals surface area (Å²) in [5.41, 5.74) is 3.58. The lowest BCUT2D eigenvalue weighted by atomic mass is 10.1. The van der Waals surface area contributed by atoms with Gasteiger partial charge in [0, 0.05) is 19.0 Å². The summed E-state index contributed by atoms with van der Waals surface area (Å²) in [4.78, 5) is 15.9. The smallest absolute Gasteiger partial charge is 0.414 e. The van der Waals surface area contributed by atoms with E-state index in [0.717, 1.165) is 45.9 Å². The third-order valence-corrected chi connectivity index (χ3v) is 6.58. The molecule has 1 amide bonds. The van der Waals surface area contributed by atoms with E-state index < -0.39 is 5.60 Å². The Kier molecular flexibility index (Phi) is 6.78. The number of methoxy groups -OCH3 is 3. The van der Waals surface area contributed by atoms with E-state index in [2.05, 4.69) is 0 Å². The maximum atomic E-state index is 13.2. The maximum absolute atomic E-state index is 13.2. The summed E-state index contributed by atoms with van der Waals surface area (Å²) in [7, 11) is 4.93. The molecule has 184 valence electrons. The van der Waals surface area contributed by atoms with Crippen LogP contribution in [0, 0.1) is 12.8 Å². The maximum Gasteiger partial charge on any atom is 0.414 e. The third kappa shape index (κ3) is 4.86. The van der Waals surface area contributed by atoms with Crippen molar-refractivity contribution in [1.29, 1.82) is 0 Å². The number of hydrogen-bond acceptors (Lipinski definition) is 7. The van der Waals surface area contributed by atoms with Gasteiger partial charge in [-0.1, -0.05) is 0 Å². The Balaban J connectivity index is 1.83. The van der Waals surface area contributed by atoms with Crippen molar-refractivity contribution in [2.75, 3.05) is 32.8 Å². The van der Waals surface area contributed by atoms with Crippen molar-refractivity contribution >= 4 is 27.9 Å². The molecule has 0 N–H and O–H groups in total. The summed E-state index contributed by atoms with van der Waals surface area (Å²) in [6.45, 7) is 8.66. The number of fused-ring (bicyclic) bond motifs is 1. The molecule has 0 radical (unpaired) electrons. The molecule has 0 aliphatic heterocycles. The number of ether oxygens (including phenoxy) is 4. The topological polar surface area (TPSA) is 74.5 Å². The van der Waals surface area contributed by atoms with Crippen LogP contribution in [-0.4, -0.2) is 49.2 Å². The molecule has 1 aliphatic carbocycles. The molecule has 0 atom stereocenters. The second-order valence-electron chi connectivity index (χ2n) is 9.61. The monoisotopic (exact) mass is 487 g/mol. The average molecular weight is 488 g/mol. The van der Waals surface area contributed by atoms with Crippen molar-refractivity contribution in [3.8, 4) is 22.8 Å². The molecular formula is C25H33N3O5S. The summed E-state index contributed by atoms with van der Waals surface area (Å²) in [5.74, 6) is 1.83. The van der Waals surface area contributed by atoms with Crippen molar-refractivity contribution in [3.05, 3.63) is 28.8 Å². The van der Waals surface area contributed by atoms with E-state index in [1.165, 1.54) is 11.3 Å². The highest BCUT2D eigenvalue weighted by Crippen LogP contribution is 2.44. The predicted octanol–water partition coefficient (Wildman–Crippen LogP) is 5.69. The van der Waals surface area contributed by atoms with E-state index in [1.807, 2.05) is 49.7 Å². The highest BCUT2D eigenvalue weighted by molar-refractivity contribution is 7.16. The van der Waals surface area contributed by atoms with E-state index in [4.69, 9.17) is 24.0 Å². The number of aryl methyl sites for hydroxylation is 1.